The molecule has 2 aliphatic rings. The Morgan fingerprint density at radius 3 is 2.10 bits per heavy atom. The highest BCUT2D eigenvalue weighted by atomic mass is 32.2. The summed E-state index contributed by atoms with van der Waals surface area (Å²) in [5.74, 6) is 1.12. The van der Waals surface area contributed by atoms with E-state index in [1.165, 1.54) is 22.5 Å². The molecule has 0 aliphatic carbocycles. The summed E-state index contributed by atoms with van der Waals surface area (Å²) >= 11 is 0. The number of piperazine rings is 2. The molecule has 0 saturated carbocycles. The first-order chi connectivity index (χ1) is 14.4. The van der Waals surface area contributed by atoms with Gasteiger partial charge in [-0.3, -0.25) is 0 Å². The quantitative estimate of drug-likeness (QED) is 0.696. The van der Waals surface area contributed by atoms with Gasteiger partial charge in [-0.1, -0.05) is 12.1 Å². The molecule has 1 aromatic carbocycles. The predicted octanol–water partition coefficient (Wildman–Crippen LogP) is 1.02. The van der Waals surface area contributed by atoms with Crippen molar-refractivity contribution in [2.75, 3.05) is 69.2 Å². The van der Waals surface area contributed by atoms with Crippen LogP contribution in [-0.4, -0.2) is 87.0 Å². The van der Waals surface area contributed by atoms with E-state index < -0.39 is 15.8 Å². The van der Waals surface area contributed by atoms with Crippen molar-refractivity contribution in [1.82, 2.24) is 19.2 Å². The first-order valence-corrected chi connectivity index (χ1v) is 11.7. The van der Waals surface area contributed by atoms with Gasteiger partial charge in [0.05, 0.1) is 5.75 Å². The minimum absolute atomic E-state index is 0.189. The Morgan fingerprint density at radius 2 is 1.50 bits per heavy atom. The second-order valence-electron chi connectivity index (χ2n) is 7.80. The third kappa shape index (κ3) is 4.88. The standard InChI is InChI=1S/C20H27FN6O2S/c1-24-5-7-25(8-6-24)19-14-20(23-16-22-19)26-9-11-27(12-10-26)30(28,29)15-17-3-2-4-18(21)13-17/h2-4,13-14,16H,5-12,15H2,1H3. The van der Waals surface area contributed by atoms with Crippen LogP contribution in [0.15, 0.2) is 36.7 Å². The Bertz CT molecular complexity index is 973. The summed E-state index contributed by atoms with van der Waals surface area (Å²) in [6, 6.07) is 7.74. The van der Waals surface area contributed by atoms with Crippen molar-refractivity contribution in [3.8, 4) is 0 Å². The van der Waals surface area contributed by atoms with Crippen LogP contribution in [0.5, 0.6) is 0 Å². The average molecular weight is 435 g/mol. The highest BCUT2D eigenvalue weighted by Gasteiger charge is 2.28. The van der Waals surface area contributed by atoms with Gasteiger partial charge in [0.1, 0.15) is 23.8 Å². The highest BCUT2D eigenvalue weighted by Crippen LogP contribution is 2.21. The van der Waals surface area contributed by atoms with Gasteiger partial charge in [0.2, 0.25) is 10.0 Å². The number of hydrogen-bond donors (Lipinski definition) is 0. The maximum absolute atomic E-state index is 13.4. The summed E-state index contributed by atoms with van der Waals surface area (Å²) in [6.07, 6.45) is 1.58. The zero-order chi connectivity index (χ0) is 21.1. The number of anilines is 2. The van der Waals surface area contributed by atoms with Gasteiger partial charge in [0, 0.05) is 58.4 Å². The predicted molar refractivity (Wildman–Crippen MR) is 115 cm³/mol. The van der Waals surface area contributed by atoms with Crippen LogP contribution < -0.4 is 9.80 Å². The van der Waals surface area contributed by atoms with E-state index in [0.717, 1.165) is 37.8 Å². The van der Waals surface area contributed by atoms with Crippen molar-refractivity contribution < 1.29 is 12.8 Å². The molecule has 0 N–H and O–H groups in total. The monoisotopic (exact) mass is 434 g/mol. The minimum atomic E-state index is -3.49. The normalized spacial score (nSPS) is 19.3. The summed E-state index contributed by atoms with van der Waals surface area (Å²) in [5, 5.41) is 0. The number of aromatic nitrogens is 2. The fourth-order valence-corrected chi connectivity index (χ4v) is 5.35. The number of hydrogen-bond acceptors (Lipinski definition) is 7. The molecule has 2 aliphatic heterocycles. The van der Waals surface area contributed by atoms with E-state index in [9.17, 15) is 12.8 Å². The topological polar surface area (TPSA) is 72.9 Å². The van der Waals surface area contributed by atoms with Gasteiger partial charge in [-0.15, -0.1) is 0 Å². The molecule has 1 aromatic heterocycles. The van der Waals surface area contributed by atoms with E-state index in [1.54, 1.807) is 12.4 Å². The first kappa shape index (κ1) is 21.0. The Morgan fingerprint density at radius 1 is 0.900 bits per heavy atom. The fourth-order valence-electron chi connectivity index (χ4n) is 3.84. The molecule has 2 aromatic rings. The lowest BCUT2D eigenvalue weighted by Gasteiger charge is -2.36. The number of rotatable bonds is 5. The molecule has 0 radical (unpaired) electrons. The molecule has 8 nitrogen and oxygen atoms in total. The minimum Gasteiger partial charge on any atom is -0.354 e. The maximum atomic E-state index is 13.4. The van der Waals surface area contributed by atoms with Crippen LogP contribution in [0.1, 0.15) is 5.56 Å². The molecule has 162 valence electrons. The molecule has 2 fully saturated rings. The molecule has 3 heterocycles. The lowest BCUT2D eigenvalue weighted by Crippen LogP contribution is -2.49. The van der Waals surface area contributed by atoms with Crippen LogP contribution in [0.2, 0.25) is 0 Å². The summed E-state index contributed by atoms with van der Waals surface area (Å²) in [6.45, 7) is 5.74. The molecule has 4 rings (SSSR count). The van der Waals surface area contributed by atoms with Crippen LogP contribution in [0.3, 0.4) is 0 Å². The zero-order valence-electron chi connectivity index (χ0n) is 17.1. The van der Waals surface area contributed by atoms with E-state index in [4.69, 9.17) is 0 Å². The lowest BCUT2D eigenvalue weighted by molar-refractivity contribution is 0.312. The van der Waals surface area contributed by atoms with Gasteiger partial charge in [-0.25, -0.2) is 22.8 Å². The molecule has 0 atom stereocenters. The molecular weight excluding hydrogens is 407 g/mol. The second-order valence-corrected chi connectivity index (χ2v) is 9.77. The number of nitrogens with zero attached hydrogens (tertiary/aromatic N) is 6. The van der Waals surface area contributed by atoms with Crippen LogP contribution in [-0.2, 0) is 15.8 Å². The van der Waals surface area contributed by atoms with Crippen LogP contribution in [0.25, 0.3) is 0 Å². The zero-order valence-corrected chi connectivity index (χ0v) is 17.9. The van der Waals surface area contributed by atoms with Crippen molar-refractivity contribution in [3.63, 3.8) is 0 Å². The van der Waals surface area contributed by atoms with Gasteiger partial charge < -0.3 is 14.7 Å². The summed E-state index contributed by atoms with van der Waals surface area (Å²) in [7, 11) is -1.38. The molecule has 0 unspecified atom stereocenters. The van der Waals surface area contributed by atoms with Gasteiger partial charge in [0.15, 0.2) is 0 Å². The maximum Gasteiger partial charge on any atom is 0.218 e. The number of benzene rings is 1. The van der Waals surface area contributed by atoms with Crippen molar-refractivity contribution in [2.45, 2.75) is 5.75 Å². The molecular formula is C20H27FN6O2S. The van der Waals surface area contributed by atoms with Crippen molar-refractivity contribution in [1.29, 1.82) is 0 Å². The van der Waals surface area contributed by atoms with E-state index in [-0.39, 0.29) is 5.75 Å². The van der Waals surface area contributed by atoms with Crippen LogP contribution in [0, 0.1) is 5.82 Å². The van der Waals surface area contributed by atoms with E-state index in [0.29, 0.717) is 31.7 Å². The lowest BCUT2D eigenvalue weighted by atomic mass is 10.2. The fraction of sp³-hybridized carbons (Fsp3) is 0.500. The number of likely N-dealkylation sites (N-methyl/N-ethyl adjacent to an activating group) is 1. The van der Waals surface area contributed by atoms with Crippen molar-refractivity contribution in [2.24, 2.45) is 0 Å². The first-order valence-electron chi connectivity index (χ1n) is 10.1. The third-order valence-corrected chi connectivity index (χ3v) is 7.51. The summed E-state index contributed by atoms with van der Waals surface area (Å²) in [5.41, 5.74) is 0.463. The smallest absolute Gasteiger partial charge is 0.218 e. The summed E-state index contributed by atoms with van der Waals surface area (Å²) in [4.78, 5) is 15.5. The molecule has 0 spiro atoms. The highest BCUT2D eigenvalue weighted by molar-refractivity contribution is 7.88. The Hall–Kier alpha value is -2.30. The Balaban J connectivity index is 1.38. The van der Waals surface area contributed by atoms with Crippen molar-refractivity contribution in [3.05, 3.63) is 48.0 Å². The second kappa shape index (κ2) is 8.83. The van der Waals surface area contributed by atoms with Gasteiger partial charge in [-0.05, 0) is 24.7 Å². The van der Waals surface area contributed by atoms with Crippen LogP contribution >= 0.6 is 0 Å². The summed E-state index contributed by atoms with van der Waals surface area (Å²) < 4.78 is 40.4. The Kier molecular flexibility index (Phi) is 6.16. The number of halogens is 1. The SMILES string of the molecule is CN1CCN(c2cc(N3CCN(S(=O)(=O)Cc4cccc(F)c4)CC3)ncn2)CC1. The third-order valence-electron chi connectivity index (χ3n) is 5.66. The van der Waals surface area contributed by atoms with Crippen LogP contribution in [0.4, 0.5) is 16.0 Å². The molecule has 2 saturated heterocycles. The Labute approximate surface area is 177 Å². The van der Waals surface area contributed by atoms with Gasteiger partial charge in [0.25, 0.3) is 0 Å². The molecule has 30 heavy (non-hydrogen) atoms. The molecule has 10 heteroatoms. The van der Waals surface area contributed by atoms with E-state index in [1.807, 2.05) is 6.07 Å². The van der Waals surface area contributed by atoms with E-state index in [2.05, 4.69) is 31.7 Å². The van der Waals surface area contributed by atoms with Crippen molar-refractivity contribution >= 4 is 21.7 Å². The number of sulfonamides is 1. The van der Waals surface area contributed by atoms with E-state index >= 15 is 0 Å². The molecule has 0 amide bonds. The van der Waals surface area contributed by atoms with Gasteiger partial charge in [-0.2, -0.15) is 4.31 Å². The largest absolute Gasteiger partial charge is 0.354 e. The van der Waals surface area contributed by atoms with Gasteiger partial charge >= 0.3 is 0 Å². The average Bonchev–Trinajstić information content (AvgIpc) is 2.74. The molecule has 0 bridgehead atoms.